The number of para-hydroxylation sites is 1. The summed E-state index contributed by atoms with van der Waals surface area (Å²) in [5.74, 6) is 0.0124. The third-order valence-electron chi connectivity index (χ3n) is 3.74. The van der Waals surface area contributed by atoms with Crippen molar-refractivity contribution in [2.75, 3.05) is 13.2 Å². The molecule has 2 N–H and O–H groups in total. The van der Waals surface area contributed by atoms with Crippen LogP contribution < -0.4 is 0 Å². The maximum Gasteiger partial charge on any atom is 0.220 e. The van der Waals surface area contributed by atoms with Crippen molar-refractivity contribution in [2.45, 2.75) is 19.4 Å². The second-order valence-corrected chi connectivity index (χ2v) is 4.72. The van der Waals surface area contributed by atoms with Crippen molar-refractivity contribution in [1.82, 2.24) is 9.88 Å². The van der Waals surface area contributed by atoms with E-state index in [1.54, 1.807) is 11.8 Å². The van der Waals surface area contributed by atoms with Crippen molar-refractivity contribution in [1.29, 1.82) is 0 Å². The lowest BCUT2D eigenvalue weighted by atomic mass is 9.97. The predicted molar refractivity (Wildman–Crippen MR) is 69.2 cm³/mol. The van der Waals surface area contributed by atoms with E-state index in [4.69, 9.17) is 0 Å². The summed E-state index contributed by atoms with van der Waals surface area (Å²) in [4.78, 5) is 16.7. The summed E-state index contributed by atoms with van der Waals surface area (Å²) in [6.45, 7) is 2.19. The average molecular weight is 244 g/mol. The van der Waals surface area contributed by atoms with Gasteiger partial charge in [-0.3, -0.25) is 4.79 Å². The van der Waals surface area contributed by atoms with Gasteiger partial charge in [-0.05, 0) is 18.1 Å². The van der Waals surface area contributed by atoms with Gasteiger partial charge < -0.3 is 15.0 Å². The number of benzene rings is 1. The first-order chi connectivity index (χ1) is 8.72. The fourth-order valence-electron chi connectivity index (χ4n) is 2.89. The lowest BCUT2D eigenvalue weighted by Gasteiger charge is -2.34. The Balaban J connectivity index is 2.16. The first-order valence-corrected chi connectivity index (χ1v) is 6.20. The SMILES string of the molecule is CC(=O)N1CCc2c([nH]c3ccccc23)[C@@H]1CO. The van der Waals surface area contributed by atoms with Crippen LogP contribution in [0.3, 0.4) is 0 Å². The number of fused-ring (bicyclic) bond motifs is 3. The quantitative estimate of drug-likeness (QED) is 0.800. The molecule has 1 aliphatic heterocycles. The van der Waals surface area contributed by atoms with Gasteiger partial charge >= 0.3 is 0 Å². The van der Waals surface area contributed by atoms with E-state index < -0.39 is 0 Å². The van der Waals surface area contributed by atoms with E-state index in [2.05, 4.69) is 11.1 Å². The van der Waals surface area contributed by atoms with Crippen LogP contribution in [0.1, 0.15) is 24.2 Å². The zero-order valence-electron chi connectivity index (χ0n) is 10.3. The summed E-state index contributed by atoms with van der Waals surface area (Å²) in [5.41, 5.74) is 3.30. The molecule has 18 heavy (non-hydrogen) atoms. The number of carbonyl (C=O) groups is 1. The molecule has 0 unspecified atom stereocenters. The van der Waals surface area contributed by atoms with Crippen LogP contribution in [-0.4, -0.2) is 34.0 Å². The van der Waals surface area contributed by atoms with Gasteiger partial charge in [0.2, 0.25) is 5.91 Å². The first-order valence-electron chi connectivity index (χ1n) is 6.20. The molecule has 4 heteroatoms. The second-order valence-electron chi connectivity index (χ2n) is 4.72. The minimum Gasteiger partial charge on any atom is -0.394 e. The molecule has 0 radical (unpaired) electrons. The molecule has 0 fully saturated rings. The van der Waals surface area contributed by atoms with Gasteiger partial charge in [-0.25, -0.2) is 0 Å². The molecule has 3 rings (SSSR count). The Bertz CT molecular complexity index is 603. The molecule has 0 bridgehead atoms. The van der Waals surface area contributed by atoms with E-state index in [1.807, 2.05) is 18.2 Å². The number of rotatable bonds is 1. The van der Waals surface area contributed by atoms with Gasteiger partial charge in [0, 0.05) is 30.1 Å². The number of aliphatic hydroxyl groups is 1. The van der Waals surface area contributed by atoms with Crippen molar-refractivity contribution in [3.63, 3.8) is 0 Å². The number of carbonyl (C=O) groups excluding carboxylic acids is 1. The van der Waals surface area contributed by atoms with Gasteiger partial charge in [0.1, 0.15) is 0 Å². The first kappa shape index (κ1) is 11.3. The second kappa shape index (κ2) is 4.14. The summed E-state index contributed by atoms with van der Waals surface area (Å²) in [5, 5.41) is 10.8. The standard InChI is InChI=1S/C14H16N2O2/c1-9(18)16-7-6-11-10-4-2-3-5-12(10)15-14(11)13(16)8-17/h2-5,13,15,17H,6-8H2,1H3/t13-/m0/s1. The number of aromatic nitrogens is 1. The number of hydrogen-bond donors (Lipinski definition) is 2. The Morgan fingerprint density at radius 3 is 3.00 bits per heavy atom. The van der Waals surface area contributed by atoms with Gasteiger partial charge in [0.25, 0.3) is 0 Å². The lowest BCUT2D eigenvalue weighted by Crippen LogP contribution is -2.40. The summed E-state index contributed by atoms with van der Waals surface area (Å²) in [7, 11) is 0. The highest BCUT2D eigenvalue weighted by atomic mass is 16.3. The van der Waals surface area contributed by atoms with Gasteiger partial charge in [-0.1, -0.05) is 18.2 Å². The van der Waals surface area contributed by atoms with Gasteiger partial charge in [-0.2, -0.15) is 0 Å². The smallest absolute Gasteiger partial charge is 0.220 e. The van der Waals surface area contributed by atoms with Gasteiger partial charge in [-0.15, -0.1) is 0 Å². The highest BCUT2D eigenvalue weighted by Gasteiger charge is 2.31. The molecule has 1 amide bonds. The summed E-state index contributed by atoms with van der Waals surface area (Å²) >= 11 is 0. The molecule has 94 valence electrons. The maximum atomic E-state index is 11.6. The van der Waals surface area contributed by atoms with Crippen LogP contribution in [-0.2, 0) is 11.2 Å². The van der Waals surface area contributed by atoms with Gasteiger partial charge in [0.15, 0.2) is 0 Å². The number of amides is 1. The van der Waals surface area contributed by atoms with Crippen LogP contribution in [0.4, 0.5) is 0 Å². The van der Waals surface area contributed by atoms with Crippen molar-refractivity contribution in [3.8, 4) is 0 Å². The zero-order valence-corrected chi connectivity index (χ0v) is 10.3. The van der Waals surface area contributed by atoms with Crippen molar-refractivity contribution in [2.24, 2.45) is 0 Å². The molecule has 0 spiro atoms. The average Bonchev–Trinajstić information content (AvgIpc) is 2.75. The molecule has 2 heterocycles. The molecule has 1 atom stereocenters. The van der Waals surface area contributed by atoms with Crippen molar-refractivity contribution in [3.05, 3.63) is 35.5 Å². The van der Waals surface area contributed by atoms with Crippen LogP contribution in [0.5, 0.6) is 0 Å². The third-order valence-corrected chi connectivity index (χ3v) is 3.74. The fraction of sp³-hybridized carbons (Fsp3) is 0.357. The molecule has 2 aromatic rings. The van der Waals surface area contributed by atoms with Gasteiger partial charge in [0.05, 0.1) is 12.6 Å². The highest BCUT2D eigenvalue weighted by Crippen LogP contribution is 2.34. The molecule has 1 aromatic heterocycles. The lowest BCUT2D eigenvalue weighted by molar-refractivity contribution is -0.132. The third kappa shape index (κ3) is 1.53. The normalized spacial score (nSPS) is 19.0. The molecule has 1 aliphatic rings. The molecular formula is C14H16N2O2. The Labute approximate surface area is 105 Å². The van der Waals surface area contributed by atoms with Crippen molar-refractivity contribution >= 4 is 16.8 Å². The summed E-state index contributed by atoms with van der Waals surface area (Å²) in [6, 6.07) is 7.88. The zero-order chi connectivity index (χ0) is 12.7. The topological polar surface area (TPSA) is 56.3 Å². The largest absolute Gasteiger partial charge is 0.394 e. The van der Waals surface area contributed by atoms with Crippen LogP contribution in [0, 0.1) is 0 Å². The van der Waals surface area contributed by atoms with Crippen molar-refractivity contribution < 1.29 is 9.90 Å². The number of aliphatic hydroxyl groups excluding tert-OH is 1. The molecule has 4 nitrogen and oxygen atoms in total. The van der Waals surface area contributed by atoms with E-state index in [0.717, 1.165) is 17.6 Å². The highest BCUT2D eigenvalue weighted by molar-refractivity contribution is 5.86. The van der Waals surface area contributed by atoms with Crippen LogP contribution in [0.15, 0.2) is 24.3 Å². The molecule has 0 saturated heterocycles. The minimum absolute atomic E-state index is 0.0124. The maximum absolute atomic E-state index is 11.6. The molecule has 0 saturated carbocycles. The fourth-order valence-corrected chi connectivity index (χ4v) is 2.89. The summed E-state index contributed by atoms with van der Waals surface area (Å²) < 4.78 is 0. The number of nitrogens with zero attached hydrogens (tertiary/aromatic N) is 1. The Kier molecular flexibility index (Phi) is 2.59. The molecule has 0 aliphatic carbocycles. The number of hydrogen-bond acceptors (Lipinski definition) is 2. The summed E-state index contributed by atoms with van der Waals surface area (Å²) in [6.07, 6.45) is 0.843. The number of aromatic amines is 1. The van der Waals surface area contributed by atoms with Crippen LogP contribution in [0.2, 0.25) is 0 Å². The molecular weight excluding hydrogens is 228 g/mol. The monoisotopic (exact) mass is 244 g/mol. The van der Waals surface area contributed by atoms with E-state index in [9.17, 15) is 9.90 Å². The Morgan fingerprint density at radius 2 is 2.28 bits per heavy atom. The Hall–Kier alpha value is -1.81. The Morgan fingerprint density at radius 1 is 1.50 bits per heavy atom. The van der Waals surface area contributed by atoms with Crippen LogP contribution >= 0.6 is 0 Å². The number of nitrogens with one attached hydrogen (secondary N) is 1. The van der Waals surface area contributed by atoms with E-state index >= 15 is 0 Å². The van der Waals surface area contributed by atoms with E-state index in [-0.39, 0.29) is 18.6 Å². The van der Waals surface area contributed by atoms with Crippen LogP contribution in [0.25, 0.3) is 10.9 Å². The van der Waals surface area contributed by atoms with E-state index in [0.29, 0.717) is 6.54 Å². The number of H-pyrrole nitrogens is 1. The minimum atomic E-state index is -0.237. The molecule has 1 aromatic carbocycles. The predicted octanol–water partition coefficient (Wildman–Crippen LogP) is 1.61. The van der Waals surface area contributed by atoms with E-state index in [1.165, 1.54) is 10.9 Å².